The number of fused-ring (bicyclic) bond motifs is 1. The number of nitrogen functional groups attached to an aromatic ring is 1. The van der Waals surface area contributed by atoms with Crippen LogP contribution < -0.4 is 5.73 Å². The van der Waals surface area contributed by atoms with Gasteiger partial charge in [0.1, 0.15) is 11.6 Å². The molecule has 0 saturated heterocycles. The van der Waals surface area contributed by atoms with E-state index in [1.165, 1.54) is 17.0 Å². The van der Waals surface area contributed by atoms with Crippen molar-refractivity contribution < 1.29 is 4.39 Å². The van der Waals surface area contributed by atoms with Gasteiger partial charge in [0.15, 0.2) is 0 Å². The van der Waals surface area contributed by atoms with Crippen molar-refractivity contribution in [2.24, 2.45) is 0 Å². The van der Waals surface area contributed by atoms with Crippen molar-refractivity contribution in [3.8, 4) is 11.4 Å². The molecule has 0 saturated carbocycles. The lowest BCUT2D eigenvalue weighted by molar-refractivity contribution is 0.629. The fourth-order valence-electron chi connectivity index (χ4n) is 2.55. The molecule has 0 amide bonds. The Hall–Kier alpha value is -1.88. The highest BCUT2D eigenvalue weighted by molar-refractivity contribution is 7.16. The van der Waals surface area contributed by atoms with E-state index in [9.17, 15) is 4.39 Å². The van der Waals surface area contributed by atoms with Gasteiger partial charge in [-0.3, -0.25) is 0 Å². The van der Waals surface area contributed by atoms with Crippen LogP contribution in [0.2, 0.25) is 0 Å². The van der Waals surface area contributed by atoms with Crippen LogP contribution in [0.1, 0.15) is 17.4 Å². The summed E-state index contributed by atoms with van der Waals surface area (Å²) in [6.07, 6.45) is 0. The second kappa shape index (κ2) is 4.59. The molecule has 2 N–H and O–H groups in total. The van der Waals surface area contributed by atoms with Crippen molar-refractivity contribution in [3.05, 3.63) is 34.5 Å². The summed E-state index contributed by atoms with van der Waals surface area (Å²) < 4.78 is 15.5. The van der Waals surface area contributed by atoms with Crippen LogP contribution in [0.4, 0.5) is 9.39 Å². The standard InChI is InChI=1S/C15H16FN3S/c1-4-19-12-6-5-10(16)7-11(12)18-15(19)13-8(2)9(3)20-14(13)17/h5-7H,4,17H2,1-3H3. The zero-order valence-corrected chi connectivity index (χ0v) is 12.5. The average Bonchev–Trinajstić information content (AvgIpc) is 2.86. The van der Waals surface area contributed by atoms with Gasteiger partial charge < -0.3 is 10.3 Å². The van der Waals surface area contributed by atoms with Crippen molar-refractivity contribution in [1.29, 1.82) is 0 Å². The van der Waals surface area contributed by atoms with Gasteiger partial charge in [-0.15, -0.1) is 11.3 Å². The molecule has 0 aliphatic rings. The number of nitrogens with zero attached hydrogens (tertiary/aromatic N) is 2. The highest BCUT2D eigenvalue weighted by Crippen LogP contribution is 2.38. The van der Waals surface area contributed by atoms with E-state index in [0.29, 0.717) is 5.52 Å². The maximum Gasteiger partial charge on any atom is 0.144 e. The molecule has 3 rings (SSSR count). The number of aromatic nitrogens is 2. The van der Waals surface area contributed by atoms with Crippen molar-refractivity contribution in [1.82, 2.24) is 9.55 Å². The van der Waals surface area contributed by atoms with E-state index < -0.39 is 0 Å². The molecule has 104 valence electrons. The van der Waals surface area contributed by atoms with Gasteiger partial charge in [-0.05, 0) is 38.5 Å². The van der Waals surface area contributed by atoms with Gasteiger partial charge in [0.25, 0.3) is 0 Å². The minimum atomic E-state index is -0.268. The van der Waals surface area contributed by atoms with Crippen molar-refractivity contribution in [3.63, 3.8) is 0 Å². The first-order valence-corrected chi connectivity index (χ1v) is 7.36. The smallest absolute Gasteiger partial charge is 0.144 e. The van der Waals surface area contributed by atoms with E-state index in [0.717, 1.165) is 34.0 Å². The summed E-state index contributed by atoms with van der Waals surface area (Å²) in [6.45, 7) is 6.93. The number of aryl methyl sites for hydroxylation is 2. The third-order valence-corrected chi connectivity index (χ3v) is 4.70. The minimum Gasteiger partial charge on any atom is -0.390 e. The van der Waals surface area contributed by atoms with Gasteiger partial charge in [-0.25, -0.2) is 9.37 Å². The molecule has 0 bridgehead atoms. The zero-order valence-electron chi connectivity index (χ0n) is 11.7. The Morgan fingerprint density at radius 3 is 2.70 bits per heavy atom. The maximum atomic E-state index is 13.4. The molecule has 0 spiro atoms. The second-order valence-electron chi connectivity index (χ2n) is 4.84. The predicted octanol–water partition coefficient (Wildman–Crippen LogP) is 4.12. The van der Waals surface area contributed by atoms with E-state index in [4.69, 9.17) is 5.73 Å². The Balaban J connectivity index is 2.36. The highest BCUT2D eigenvalue weighted by Gasteiger charge is 2.19. The largest absolute Gasteiger partial charge is 0.390 e. The molecule has 2 heterocycles. The van der Waals surface area contributed by atoms with Crippen LogP contribution in [0, 0.1) is 19.7 Å². The van der Waals surface area contributed by atoms with E-state index in [1.54, 1.807) is 17.4 Å². The Morgan fingerprint density at radius 2 is 2.10 bits per heavy atom. The molecule has 3 nitrogen and oxygen atoms in total. The molecule has 2 aromatic heterocycles. The minimum absolute atomic E-state index is 0.268. The molecule has 0 fully saturated rings. The molecule has 0 radical (unpaired) electrons. The Kier molecular flexibility index (Phi) is 3.01. The molecular weight excluding hydrogens is 273 g/mol. The fraction of sp³-hybridized carbons (Fsp3) is 0.267. The third kappa shape index (κ3) is 1.81. The number of rotatable bonds is 2. The number of thiophene rings is 1. The monoisotopic (exact) mass is 289 g/mol. The van der Waals surface area contributed by atoms with Crippen LogP contribution >= 0.6 is 11.3 Å². The molecule has 1 aromatic carbocycles. The third-order valence-electron chi connectivity index (χ3n) is 3.66. The molecular formula is C15H16FN3S. The van der Waals surface area contributed by atoms with Gasteiger partial charge in [0, 0.05) is 17.5 Å². The van der Waals surface area contributed by atoms with Gasteiger partial charge in [0.05, 0.1) is 21.6 Å². The summed E-state index contributed by atoms with van der Waals surface area (Å²) in [6, 6.07) is 4.71. The lowest BCUT2D eigenvalue weighted by atomic mass is 10.1. The average molecular weight is 289 g/mol. The Bertz CT molecular complexity index is 801. The zero-order chi connectivity index (χ0) is 14.4. The van der Waals surface area contributed by atoms with Gasteiger partial charge >= 0.3 is 0 Å². The van der Waals surface area contributed by atoms with Gasteiger partial charge in [0.2, 0.25) is 0 Å². The second-order valence-corrected chi connectivity index (χ2v) is 6.09. The number of imidazole rings is 1. The van der Waals surface area contributed by atoms with Crippen molar-refractivity contribution in [2.75, 3.05) is 5.73 Å². The molecule has 0 atom stereocenters. The van der Waals surface area contributed by atoms with Gasteiger partial charge in [-0.2, -0.15) is 0 Å². The summed E-state index contributed by atoms with van der Waals surface area (Å²) in [7, 11) is 0. The number of halogens is 1. The number of anilines is 1. The molecule has 0 aliphatic carbocycles. The topological polar surface area (TPSA) is 43.8 Å². The van der Waals surface area contributed by atoms with Crippen LogP contribution in [0.15, 0.2) is 18.2 Å². The molecule has 20 heavy (non-hydrogen) atoms. The predicted molar refractivity (Wildman–Crippen MR) is 82.6 cm³/mol. The molecule has 0 aliphatic heterocycles. The highest BCUT2D eigenvalue weighted by atomic mass is 32.1. The number of hydrogen-bond donors (Lipinski definition) is 1. The number of nitrogens with two attached hydrogens (primary N) is 1. The van der Waals surface area contributed by atoms with Crippen LogP contribution in [0.5, 0.6) is 0 Å². The lowest BCUT2D eigenvalue weighted by Crippen LogP contribution is -1.99. The maximum absolute atomic E-state index is 13.4. The Labute approximate surface area is 120 Å². The van der Waals surface area contributed by atoms with E-state index >= 15 is 0 Å². The van der Waals surface area contributed by atoms with E-state index in [-0.39, 0.29) is 5.82 Å². The van der Waals surface area contributed by atoms with Crippen molar-refractivity contribution in [2.45, 2.75) is 27.3 Å². The summed E-state index contributed by atoms with van der Waals surface area (Å²) in [5.74, 6) is 0.559. The summed E-state index contributed by atoms with van der Waals surface area (Å²) >= 11 is 1.57. The molecule has 5 heteroatoms. The van der Waals surface area contributed by atoms with Crippen LogP contribution in [0.25, 0.3) is 22.4 Å². The van der Waals surface area contributed by atoms with Crippen LogP contribution in [-0.2, 0) is 6.54 Å². The van der Waals surface area contributed by atoms with E-state index in [1.807, 2.05) is 0 Å². The van der Waals surface area contributed by atoms with E-state index in [2.05, 4.69) is 30.3 Å². The molecule has 0 unspecified atom stereocenters. The first kappa shape index (κ1) is 13.1. The summed E-state index contributed by atoms with van der Waals surface area (Å²) in [4.78, 5) is 5.79. The van der Waals surface area contributed by atoms with Crippen LogP contribution in [-0.4, -0.2) is 9.55 Å². The number of hydrogen-bond acceptors (Lipinski definition) is 3. The first-order chi connectivity index (χ1) is 9.52. The summed E-state index contributed by atoms with van der Waals surface area (Å²) in [5, 5.41) is 0.769. The lowest BCUT2D eigenvalue weighted by Gasteiger charge is -2.07. The SMILES string of the molecule is CCn1c(-c2c(N)sc(C)c2C)nc2cc(F)ccc21. The van der Waals surface area contributed by atoms with Crippen LogP contribution in [0.3, 0.4) is 0 Å². The van der Waals surface area contributed by atoms with Gasteiger partial charge in [-0.1, -0.05) is 0 Å². The normalized spacial score (nSPS) is 11.4. The number of benzene rings is 1. The quantitative estimate of drug-likeness (QED) is 0.771. The first-order valence-electron chi connectivity index (χ1n) is 6.54. The van der Waals surface area contributed by atoms with Crippen molar-refractivity contribution >= 4 is 27.4 Å². The molecule has 3 aromatic rings. The fourth-order valence-corrected chi connectivity index (χ4v) is 3.48. The Morgan fingerprint density at radius 1 is 1.35 bits per heavy atom. The summed E-state index contributed by atoms with van der Waals surface area (Å²) in [5.41, 5.74) is 9.88.